The van der Waals surface area contributed by atoms with Crippen molar-refractivity contribution >= 4 is 11.9 Å². The fourth-order valence-corrected chi connectivity index (χ4v) is 2.06. The summed E-state index contributed by atoms with van der Waals surface area (Å²) in [4.78, 5) is 23.1. The van der Waals surface area contributed by atoms with E-state index in [4.69, 9.17) is 14.6 Å². The molecule has 122 valence electrons. The summed E-state index contributed by atoms with van der Waals surface area (Å²) in [5.41, 5.74) is -0.294. The average Bonchev–Trinajstić information content (AvgIpc) is 2.48. The van der Waals surface area contributed by atoms with Crippen LogP contribution in [0.3, 0.4) is 0 Å². The van der Waals surface area contributed by atoms with Crippen molar-refractivity contribution < 1.29 is 24.2 Å². The zero-order chi connectivity index (χ0) is 16.6. The molecular weight excluding hydrogens is 286 g/mol. The number of hydrogen-bond donors (Lipinski definition) is 2. The van der Waals surface area contributed by atoms with Gasteiger partial charge in [-0.05, 0) is 37.5 Å². The van der Waals surface area contributed by atoms with Gasteiger partial charge < -0.3 is 19.9 Å². The maximum absolute atomic E-state index is 11.9. The van der Waals surface area contributed by atoms with Crippen molar-refractivity contribution in [3.05, 3.63) is 29.8 Å². The van der Waals surface area contributed by atoms with Gasteiger partial charge in [-0.2, -0.15) is 0 Å². The number of carboxylic acids is 1. The van der Waals surface area contributed by atoms with Crippen LogP contribution in [0.4, 0.5) is 0 Å². The van der Waals surface area contributed by atoms with Crippen molar-refractivity contribution in [2.45, 2.75) is 31.7 Å². The SMILES string of the molecule is COCC(C)(NC(=O)CCCc1ccc(OC)cc1)C(=O)O. The fourth-order valence-electron chi connectivity index (χ4n) is 2.06. The molecule has 0 heterocycles. The summed E-state index contributed by atoms with van der Waals surface area (Å²) < 4.78 is 9.94. The first-order chi connectivity index (χ1) is 10.4. The summed E-state index contributed by atoms with van der Waals surface area (Å²) in [7, 11) is 3.01. The Morgan fingerprint density at radius 2 is 1.86 bits per heavy atom. The van der Waals surface area contributed by atoms with Crippen LogP contribution in [-0.4, -0.2) is 43.3 Å². The molecule has 0 radical (unpaired) electrons. The topological polar surface area (TPSA) is 84.9 Å². The minimum absolute atomic E-state index is 0.0768. The number of aliphatic carboxylic acids is 1. The number of aryl methyl sites for hydroxylation is 1. The van der Waals surface area contributed by atoms with Crippen molar-refractivity contribution in [2.24, 2.45) is 0 Å². The van der Waals surface area contributed by atoms with E-state index in [1.807, 2.05) is 24.3 Å². The van der Waals surface area contributed by atoms with E-state index in [2.05, 4.69) is 5.32 Å². The van der Waals surface area contributed by atoms with Gasteiger partial charge in [-0.3, -0.25) is 4.79 Å². The van der Waals surface area contributed by atoms with E-state index in [0.717, 1.165) is 17.7 Å². The Morgan fingerprint density at radius 1 is 1.23 bits per heavy atom. The molecule has 6 heteroatoms. The lowest BCUT2D eigenvalue weighted by atomic mass is 10.0. The maximum atomic E-state index is 11.9. The number of carbonyl (C=O) groups excluding carboxylic acids is 1. The summed E-state index contributed by atoms with van der Waals surface area (Å²) in [6.07, 6.45) is 1.64. The zero-order valence-corrected chi connectivity index (χ0v) is 13.2. The summed E-state index contributed by atoms with van der Waals surface area (Å²) in [6.45, 7) is 1.35. The molecule has 0 bridgehead atoms. The highest BCUT2D eigenvalue weighted by Crippen LogP contribution is 2.13. The summed E-state index contributed by atoms with van der Waals surface area (Å²) in [5.74, 6) is -0.619. The number of benzene rings is 1. The molecule has 0 aliphatic carbocycles. The second-order valence-electron chi connectivity index (χ2n) is 5.32. The van der Waals surface area contributed by atoms with Crippen LogP contribution in [0.5, 0.6) is 5.75 Å². The maximum Gasteiger partial charge on any atom is 0.331 e. The van der Waals surface area contributed by atoms with Crippen molar-refractivity contribution in [1.29, 1.82) is 0 Å². The van der Waals surface area contributed by atoms with Crippen LogP contribution in [0.1, 0.15) is 25.3 Å². The van der Waals surface area contributed by atoms with Crippen molar-refractivity contribution in [3.8, 4) is 5.75 Å². The summed E-state index contributed by atoms with van der Waals surface area (Å²) in [5, 5.41) is 11.7. The van der Waals surface area contributed by atoms with Crippen LogP contribution in [-0.2, 0) is 20.7 Å². The van der Waals surface area contributed by atoms with Crippen molar-refractivity contribution in [1.82, 2.24) is 5.32 Å². The van der Waals surface area contributed by atoms with E-state index < -0.39 is 11.5 Å². The number of carbonyl (C=O) groups is 2. The monoisotopic (exact) mass is 309 g/mol. The Balaban J connectivity index is 2.43. The van der Waals surface area contributed by atoms with Crippen LogP contribution in [0.2, 0.25) is 0 Å². The van der Waals surface area contributed by atoms with Crippen molar-refractivity contribution in [2.75, 3.05) is 20.8 Å². The highest BCUT2D eigenvalue weighted by atomic mass is 16.5. The third-order valence-corrected chi connectivity index (χ3v) is 3.35. The molecule has 2 N–H and O–H groups in total. The first-order valence-electron chi connectivity index (χ1n) is 7.07. The number of methoxy groups -OCH3 is 2. The van der Waals surface area contributed by atoms with Crippen LogP contribution in [0.25, 0.3) is 0 Å². The Morgan fingerprint density at radius 3 is 2.36 bits per heavy atom. The van der Waals surface area contributed by atoms with Crippen LogP contribution in [0, 0.1) is 0 Å². The van der Waals surface area contributed by atoms with Crippen LogP contribution < -0.4 is 10.1 Å². The number of carboxylic acid groups (broad SMARTS) is 1. The predicted molar refractivity (Wildman–Crippen MR) is 82.0 cm³/mol. The Hall–Kier alpha value is -2.08. The highest BCUT2D eigenvalue weighted by molar-refractivity contribution is 5.86. The Labute approximate surface area is 130 Å². The molecule has 1 unspecified atom stereocenters. The van der Waals surface area contributed by atoms with Gasteiger partial charge in [0.2, 0.25) is 5.91 Å². The first kappa shape index (κ1) is 18.0. The van der Waals surface area contributed by atoms with E-state index in [-0.39, 0.29) is 18.9 Å². The molecule has 0 saturated heterocycles. The first-order valence-corrected chi connectivity index (χ1v) is 7.07. The summed E-state index contributed by atoms with van der Waals surface area (Å²) in [6, 6.07) is 7.64. The predicted octanol–water partition coefficient (Wildman–Crippen LogP) is 1.62. The molecule has 0 aromatic heterocycles. The normalized spacial score (nSPS) is 13.2. The Bertz CT molecular complexity index is 500. The summed E-state index contributed by atoms with van der Waals surface area (Å²) >= 11 is 0. The average molecular weight is 309 g/mol. The van der Waals surface area contributed by atoms with E-state index >= 15 is 0 Å². The molecule has 0 aliphatic heterocycles. The van der Waals surface area contributed by atoms with Gasteiger partial charge in [0, 0.05) is 13.5 Å². The van der Waals surface area contributed by atoms with Gasteiger partial charge in [0.15, 0.2) is 5.54 Å². The van der Waals surface area contributed by atoms with Crippen LogP contribution >= 0.6 is 0 Å². The molecule has 1 atom stereocenters. The van der Waals surface area contributed by atoms with Gasteiger partial charge >= 0.3 is 5.97 Å². The molecule has 6 nitrogen and oxygen atoms in total. The molecular formula is C16H23NO5. The molecule has 0 spiro atoms. The number of hydrogen-bond acceptors (Lipinski definition) is 4. The molecule has 22 heavy (non-hydrogen) atoms. The van der Waals surface area contributed by atoms with E-state index in [0.29, 0.717) is 6.42 Å². The molecule has 0 fully saturated rings. The lowest BCUT2D eigenvalue weighted by molar-refractivity contribution is -0.149. The van der Waals surface area contributed by atoms with Gasteiger partial charge in [0.25, 0.3) is 0 Å². The third-order valence-electron chi connectivity index (χ3n) is 3.35. The lowest BCUT2D eigenvalue weighted by Gasteiger charge is -2.25. The van der Waals surface area contributed by atoms with Crippen molar-refractivity contribution in [3.63, 3.8) is 0 Å². The van der Waals surface area contributed by atoms with Crippen LogP contribution in [0.15, 0.2) is 24.3 Å². The van der Waals surface area contributed by atoms with Gasteiger partial charge in [-0.1, -0.05) is 12.1 Å². The van der Waals surface area contributed by atoms with Gasteiger partial charge in [0.1, 0.15) is 5.75 Å². The molecule has 1 amide bonds. The number of nitrogens with one attached hydrogen (secondary N) is 1. The molecule has 0 aliphatic rings. The van der Waals surface area contributed by atoms with E-state index in [9.17, 15) is 9.59 Å². The second kappa shape index (κ2) is 8.38. The minimum Gasteiger partial charge on any atom is -0.497 e. The van der Waals surface area contributed by atoms with Gasteiger partial charge in [-0.15, -0.1) is 0 Å². The molecule has 0 saturated carbocycles. The quantitative estimate of drug-likeness (QED) is 0.724. The van der Waals surface area contributed by atoms with E-state index in [1.54, 1.807) is 7.11 Å². The second-order valence-corrected chi connectivity index (χ2v) is 5.32. The fraction of sp³-hybridized carbons (Fsp3) is 0.500. The molecule has 1 aromatic carbocycles. The number of rotatable bonds is 9. The number of ether oxygens (including phenoxy) is 2. The largest absolute Gasteiger partial charge is 0.497 e. The highest BCUT2D eigenvalue weighted by Gasteiger charge is 2.34. The smallest absolute Gasteiger partial charge is 0.331 e. The zero-order valence-electron chi connectivity index (χ0n) is 13.2. The lowest BCUT2D eigenvalue weighted by Crippen LogP contribution is -2.55. The van der Waals surface area contributed by atoms with E-state index in [1.165, 1.54) is 14.0 Å². The third kappa shape index (κ3) is 5.37. The standard InChI is InChI=1S/C16H23NO5/c1-16(11-21-2,15(19)20)17-14(18)6-4-5-12-7-9-13(22-3)10-8-12/h7-10H,4-6,11H2,1-3H3,(H,17,18)(H,19,20). The molecule has 1 aromatic rings. The minimum atomic E-state index is -1.40. The molecule has 1 rings (SSSR count). The van der Waals surface area contributed by atoms with Gasteiger partial charge in [0.05, 0.1) is 13.7 Å². The Kier molecular flexibility index (Phi) is 6.85. The number of amides is 1. The van der Waals surface area contributed by atoms with Gasteiger partial charge in [-0.25, -0.2) is 4.79 Å².